The van der Waals surface area contributed by atoms with Crippen molar-refractivity contribution in [3.63, 3.8) is 0 Å². The minimum Gasteiger partial charge on any atom is -0.355 e. The fourth-order valence-electron chi connectivity index (χ4n) is 3.87. The Morgan fingerprint density at radius 3 is 2.71 bits per heavy atom. The van der Waals surface area contributed by atoms with E-state index in [4.69, 9.17) is 0 Å². The number of nitrogens with one attached hydrogen (secondary N) is 1. The summed E-state index contributed by atoms with van der Waals surface area (Å²) in [5, 5.41) is 27.1. The summed E-state index contributed by atoms with van der Waals surface area (Å²) >= 11 is 0. The second-order valence-electron chi connectivity index (χ2n) is 7.71. The smallest absolute Gasteiger partial charge is 0.227 e. The lowest BCUT2D eigenvalue weighted by Gasteiger charge is -2.32. The van der Waals surface area contributed by atoms with Crippen molar-refractivity contribution in [2.24, 2.45) is 5.92 Å². The van der Waals surface area contributed by atoms with Gasteiger partial charge in [-0.3, -0.25) is 4.79 Å². The molecule has 3 aromatic heterocycles. The van der Waals surface area contributed by atoms with E-state index in [0.29, 0.717) is 11.5 Å². The third kappa shape index (κ3) is 3.69. The van der Waals surface area contributed by atoms with Crippen LogP contribution in [0.2, 0.25) is 0 Å². The van der Waals surface area contributed by atoms with Crippen molar-refractivity contribution in [3.05, 3.63) is 48.0 Å². The van der Waals surface area contributed by atoms with Crippen LogP contribution in [0.4, 0.5) is 11.5 Å². The Morgan fingerprint density at radius 2 is 1.94 bits per heavy atom. The van der Waals surface area contributed by atoms with Crippen LogP contribution in [-0.4, -0.2) is 59.0 Å². The molecule has 1 aliphatic heterocycles. The van der Waals surface area contributed by atoms with E-state index in [1.54, 1.807) is 15.5 Å². The van der Waals surface area contributed by atoms with E-state index in [2.05, 4.69) is 41.0 Å². The van der Waals surface area contributed by atoms with Gasteiger partial charge in [0, 0.05) is 24.7 Å². The Kier molecular flexibility index (Phi) is 4.77. The van der Waals surface area contributed by atoms with E-state index in [0.717, 1.165) is 48.7 Å². The first kappa shape index (κ1) is 19.1. The van der Waals surface area contributed by atoms with Gasteiger partial charge in [0.2, 0.25) is 5.91 Å². The number of aryl methyl sites for hydroxylation is 2. The molecule has 31 heavy (non-hydrogen) atoms. The second-order valence-corrected chi connectivity index (χ2v) is 7.71. The molecule has 1 aliphatic rings. The van der Waals surface area contributed by atoms with Crippen LogP contribution in [0.1, 0.15) is 24.2 Å². The molecule has 0 radical (unpaired) electrons. The van der Waals surface area contributed by atoms with Crippen LogP contribution in [0.25, 0.3) is 11.3 Å². The van der Waals surface area contributed by atoms with E-state index in [-0.39, 0.29) is 11.8 Å². The average Bonchev–Trinajstić information content (AvgIpc) is 3.43. The summed E-state index contributed by atoms with van der Waals surface area (Å²) in [7, 11) is 0. The number of hydrogen-bond acceptors (Lipinski definition) is 8. The molecule has 1 saturated heterocycles. The highest BCUT2D eigenvalue weighted by molar-refractivity contribution is 5.93. The lowest BCUT2D eigenvalue weighted by molar-refractivity contribution is -0.120. The molecule has 0 saturated carbocycles. The molecular formula is C20H22N10O. The highest BCUT2D eigenvalue weighted by Gasteiger charge is 2.26. The molecule has 5 rings (SSSR count). The van der Waals surface area contributed by atoms with Gasteiger partial charge in [0.05, 0.1) is 5.69 Å². The van der Waals surface area contributed by atoms with Gasteiger partial charge in [0.25, 0.3) is 0 Å². The molecule has 1 fully saturated rings. The topological polar surface area (TPSA) is 119 Å². The monoisotopic (exact) mass is 418 g/mol. The minimum absolute atomic E-state index is 0.0325. The van der Waals surface area contributed by atoms with Gasteiger partial charge in [-0.15, -0.1) is 20.4 Å². The number of hydrogen-bond donors (Lipinski definition) is 1. The summed E-state index contributed by atoms with van der Waals surface area (Å²) in [4.78, 5) is 15.1. The minimum atomic E-state index is -0.0468. The molecule has 0 aliphatic carbocycles. The fraction of sp³-hybridized carbons (Fsp3) is 0.350. The van der Waals surface area contributed by atoms with Gasteiger partial charge < -0.3 is 10.2 Å². The first-order chi connectivity index (χ1) is 15.1. The summed E-state index contributed by atoms with van der Waals surface area (Å²) in [6, 6.07) is 9.62. The van der Waals surface area contributed by atoms with Crippen LogP contribution in [0.3, 0.4) is 0 Å². The van der Waals surface area contributed by atoms with Crippen molar-refractivity contribution in [2.75, 3.05) is 23.3 Å². The van der Waals surface area contributed by atoms with Gasteiger partial charge in [-0.1, -0.05) is 6.07 Å². The van der Waals surface area contributed by atoms with Gasteiger partial charge in [-0.05, 0) is 66.9 Å². The number of benzene rings is 1. The number of tetrazole rings is 1. The van der Waals surface area contributed by atoms with Gasteiger partial charge in [0.1, 0.15) is 12.1 Å². The Morgan fingerprint density at radius 1 is 1.10 bits per heavy atom. The predicted octanol–water partition coefficient (Wildman–Crippen LogP) is 1.57. The van der Waals surface area contributed by atoms with Crippen molar-refractivity contribution in [1.29, 1.82) is 0 Å². The molecule has 158 valence electrons. The molecule has 4 aromatic rings. The first-order valence-electron chi connectivity index (χ1n) is 10.2. The molecule has 11 heteroatoms. The number of fused-ring (bicyclic) bond motifs is 1. The lowest BCUT2D eigenvalue weighted by Crippen LogP contribution is -2.38. The Bertz CT molecular complexity index is 1240. The molecule has 1 N–H and O–H groups in total. The van der Waals surface area contributed by atoms with Crippen molar-refractivity contribution in [2.45, 2.75) is 26.7 Å². The molecule has 4 heterocycles. The third-order valence-corrected chi connectivity index (χ3v) is 5.67. The number of nitrogens with zero attached hydrogens (tertiary/aromatic N) is 9. The molecule has 0 spiro atoms. The Balaban J connectivity index is 1.24. The molecular weight excluding hydrogens is 396 g/mol. The standard InChI is InChI=1S/C20H22N10O/c1-13-3-4-16(11-17(13)30-14(2)23-26-27-30)22-20(31)15-7-9-28(10-8-15)19-6-5-18-24-21-12-29(18)25-19/h3-6,11-12,15H,7-10H2,1-2H3,(H,22,31). The van der Waals surface area contributed by atoms with Crippen LogP contribution in [0.5, 0.6) is 0 Å². The molecule has 1 amide bonds. The van der Waals surface area contributed by atoms with Gasteiger partial charge in [-0.25, -0.2) is 0 Å². The van der Waals surface area contributed by atoms with Crippen molar-refractivity contribution in [3.8, 4) is 5.69 Å². The van der Waals surface area contributed by atoms with E-state index >= 15 is 0 Å². The molecule has 0 bridgehead atoms. The van der Waals surface area contributed by atoms with Gasteiger partial charge in [-0.2, -0.15) is 9.20 Å². The number of carbonyl (C=O) groups is 1. The summed E-state index contributed by atoms with van der Waals surface area (Å²) in [5.41, 5.74) is 3.33. The van der Waals surface area contributed by atoms with E-state index in [9.17, 15) is 4.79 Å². The number of amides is 1. The second kappa shape index (κ2) is 7.74. The summed E-state index contributed by atoms with van der Waals surface area (Å²) < 4.78 is 3.33. The summed E-state index contributed by atoms with van der Waals surface area (Å²) in [5.74, 6) is 1.54. The zero-order valence-corrected chi connectivity index (χ0v) is 17.3. The molecule has 1 aromatic carbocycles. The van der Waals surface area contributed by atoms with E-state index in [1.165, 1.54) is 0 Å². The number of anilines is 2. The van der Waals surface area contributed by atoms with Crippen LogP contribution < -0.4 is 10.2 Å². The number of piperidine rings is 1. The maximum absolute atomic E-state index is 12.9. The van der Waals surface area contributed by atoms with Crippen molar-refractivity contribution < 1.29 is 4.79 Å². The third-order valence-electron chi connectivity index (χ3n) is 5.67. The van der Waals surface area contributed by atoms with Crippen LogP contribution in [-0.2, 0) is 4.79 Å². The number of aromatic nitrogens is 8. The van der Waals surface area contributed by atoms with Crippen LogP contribution in [0.15, 0.2) is 36.7 Å². The van der Waals surface area contributed by atoms with Crippen LogP contribution in [0, 0.1) is 19.8 Å². The van der Waals surface area contributed by atoms with Crippen molar-refractivity contribution in [1.82, 2.24) is 40.0 Å². The summed E-state index contributed by atoms with van der Waals surface area (Å²) in [6.45, 7) is 5.36. The van der Waals surface area contributed by atoms with Gasteiger partial charge in [0.15, 0.2) is 11.5 Å². The predicted molar refractivity (Wildman–Crippen MR) is 113 cm³/mol. The Labute approximate surface area is 178 Å². The van der Waals surface area contributed by atoms with E-state index in [1.807, 2.05) is 44.2 Å². The zero-order chi connectivity index (χ0) is 21.4. The molecule has 0 unspecified atom stereocenters. The van der Waals surface area contributed by atoms with Crippen molar-refractivity contribution >= 4 is 23.1 Å². The number of rotatable bonds is 4. The first-order valence-corrected chi connectivity index (χ1v) is 10.2. The lowest BCUT2D eigenvalue weighted by atomic mass is 9.95. The fourth-order valence-corrected chi connectivity index (χ4v) is 3.87. The molecule has 11 nitrogen and oxygen atoms in total. The maximum atomic E-state index is 12.9. The van der Waals surface area contributed by atoms with Gasteiger partial charge >= 0.3 is 0 Å². The quantitative estimate of drug-likeness (QED) is 0.530. The normalized spacial score (nSPS) is 14.8. The zero-order valence-electron chi connectivity index (χ0n) is 17.3. The SMILES string of the molecule is Cc1ccc(NC(=O)C2CCN(c3ccc4nncn4n3)CC2)cc1-n1nnnc1C. The maximum Gasteiger partial charge on any atom is 0.227 e. The largest absolute Gasteiger partial charge is 0.355 e. The highest BCUT2D eigenvalue weighted by atomic mass is 16.1. The Hall–Kier alpha value is -3.89. The highest BCUT2D eigenvalue weighted by Crippen LogP contribution is 2.25. The number of carbonyl (C=O) groups excluding carboxylic acids is 1. The molecule has 0 atom stereocenters. The van der Waals surface area contributed by atoms with E-state index < -0.39 is 0 Å². The average molecular weight is 418 g/mol. The van der Waals surface area contributed by atoms with Crippen LogP contribution >= 0.6 is 0 Å². The summed E-state index contributed by atoms with van der Waals surface area (Å²) in [6.07, 6.45) is 3.11.